The van der Waals surface area contributed by atoms with Crippen LogP contribution in [-0.2, 0) is 14.0 Å². The summed E-state index contributed by atoms with van der Waals surface area (Å²) in [6.45, 7) is 8.48. The maximum atomic E-state index is 6.23. The van der Waals surface area contributed by atoms with Crippen molar-refractivity contribution >= 4 is 7.12 Å². The molecule has 0 spiro atoms. The lowest BCUT2D eigenvalue weighted by atomic mass is 9.53. The normalized spacial score (nSPS) is 42.9. The van der Waals surface area contributed by atoms with E-state index < -0.39 is 0 Å². The predicted octanol–water partition coefficient (Wildman–Crippen LogP) is 3.20. The molecule has 0 aromatic heterocycles. The largest absolute Gasteiger partial charge is 0.461 e. The first kappa shape index (κ1) is 13.7. The van der Waals surface area contributed by atoms with Gasteiger partial charge >= 0.3 is 7.12 Å². The van der Waals surface area contributed by atoms with E-state index in [1.807, 2.05) is 7.11 Å². The Morgan fingerprint density at radius 3 is 2.26 bits per heavy atom. The van der Waals surface area contributed by atoms with E-state index >= 15 is 0 Å². The van der Waals surface area contributed by atoms with Gasteiger partial charge in [0.2, 0.25) is 0 Å². The van der Waals surface area contributed by atoms with Gasteiger partial charge in [-0.15, -0.1) is 0 Å². The number of fused-ring (bicyclic) bond motifs is 2. The molecule has 3 nitrogen and oxygen atoms in total. The minimum Gasteiger partial charge on any atom is -0.403 e. The van der Waals surface area contributed by atoms with Crippen LogP contribution in [0.5, 0.6) is 0 Å². The summed E-state index contributed by atoms with van der Waals surface area (Å²) in [5, 5.41) is 0. The highest BCUT2D eigenvalue weighted by atomic mass is 16.7. The molecule has 19 heavy (non-hydrogen) atoms. The highest BCUT2D eigenvalue weighted by molar-refractivity contribution is 6.47. The number of methoxy groups -OCH3 is 1. The van der Waals surface area contributed by atoms with E-state index in [2.05, 4.69) is 39.8 Å². The van der Waals surface area contributed by atoms with Crippen molar-refractivity contribution in [3.63, 3.8) is 0 Å². The van der Waals surface area contributed by atoms with Crippen LogP contribution in [-0.4, -0.2) is 31.0 Å². The molecule has 106 valence electrons. The minimum absolute atomic E-state index is 0.0803. The third kappa shape index (κ3) is 2.00. The quantitative estimate of drug-likeness (QED) is 0.566. The fourth-order valence-electron chi connectivity index (χ4n) is 3.58. The molecule has 1 saturated heterocycles. The Hall–Kier alpha value is -0.315. The Bertz CT molecular complexity index is 388. The highest BCUT2D eigenvalue weighted by Crippen LogP contribution is 2.52. The van der Waals surface area contributed by atoms with Crippen LogP contribution in [0.15, 0.2) is 12.2 Å². The average molecular weight is 264 g/mol. The highest BCUT2D eigenvalue weighted by Gasteiger charge is 2.57. The zero-order valence-corrected chi connectivity index (χ0v) is 12.7. The first-order chi connectivity index (χ1) is 8.79. The predicted molar refractivity (Wildman–Crippen MR) is 76.1 cm³/mol. The maximum Gasteiger partial charge on any atom is 0.461 e. The lowest BCUT2D eigenvalue weighted by molar-refractivity contribution is -0.0184. The monoisotopic (exact) mass is 264 g/mol. The van der Waals surface area contributed by atoms with Crippen LogP contribution < -0.4 is 0 Å². The van der Waals surface area contributed by atoms with Crippen LogP contribution >= 0.6 is 0 Å². The minimum atomic E-state index is -0.238. The van der Waals surface area contributed by atoms with E-state index in [-0.39, 0.29) is 23.9 Å². The van der Waals surface area contributed by atoms with Crippen LogP contribution in [0.25, 0.3) is 0 Å². The first-order valence-corrected chi connectivity index (χ1v) is 7.39. The Morgan fingerprint density at radius 2 is 1.79 bits per heavy atom. The van der Waals surface area contributed by atoms with Crippen LogP contribution in [0.4, 0.5) is 0 Å². The summed E-state index contributed by atoms with van der Waals surface area (Å²) in [7, 11) is 1.71. The van der Waals surface area contributed by atoms with E-state index in [1.54, 1.807) is 0 Å². The first-order valence-electron chi connectivity index (χ1n) is 7.39. The van der Waals surface area contributed by atoms with Crippen molar-refractivity contribution in [2.75, 3.05) is 7.11 Å². The molecule has 0 amide bonds. The van der Waals surface area contributed by atoms with E-state index in [9.17, 15) is 0 Å². The fourth-order valence-corrected chi connectivity index (χ4v) is 3.58. The molecule has 4 heteroatoms. The third-order valence-electron chi connectivity index (χ3n) is 5.71. The molecule has 3 aliphatic carbocycles. The summed E-state index contributed by atoms with van der Waals surface area (Å²) in [6.07, 6.45) is 7.89. The van der Waals surface area contributed by atoms with Gasteiger partial charge < -0.3 is 14.0 Å². The molecule has 1 saturated carbocycles. The van der Waals surface area contributed by atoms with E-state index in [0.29, 0.717) is 11.7 Å². The van der Waals surface area contributed by atoms with Gasteiger partial charge in [0.1, 0.15) is 0 Å². The molecule has 3 atom stereocenters. The summed E-state index contributed by atoms with van der Waals surface area (Å²) in [5.74, 6) is 0.992. The second kappa shape index (κ2) is 4.09. The molecular weight excluding hydrogens is 239 g/mol. The Balaban J connectivity index is 1.81. The number of hydrogen-bond acceptors (Lipinski definition) is 3. The van der Waals surface area contributed by atoms with Gasteiger partial charge in [-0.05, 0) is 52.9 Å². The molecular formula is C15H25BO3. The second-order valence-electron chi connectivity index (χ2n) is 7.32. The Labute approximate surface area is 116 Å². The van der Waals surface area contributed by atoms with Gasteiger partial charge in [0.05, 0.1) is 16.8 Å². The summed E-state index contributed by atoms with van der Waals surface area (Å²) in [6, 6.07) is 0. The molecule has 1 heterocycles. The van der Waals surface area contributed by atoms with Gasteiger partial charge in [0.15, 0.2) is 0 Å². The number of hydrogen-bond donors (Lipinski definition) is 0. The van der Waals surface area contributed by atoms with E-state index in [0.717, 1.165) is 12.8 Å². The van der Waals surface area contributed by atoms with Gasteiger partial charge in [-0.2, -0.15) is 0 Å². The molecule has 4 aliphatic rings. The molecule has 0 aromatic rings. The van der Waals surface area contributed by atoms with Crippen molar-refractivity contribution in [2.24, 2.45) is 5.92 Å². The lowest BCUT2D eigenvalue weighted by Gasteiger charge is -2.46. The molecule has 2 fully saturated rings. The fraction of sp³-hybridized carbons (Fsp3) is 0.867. The molecule has 0 N–H and O–H groups in total. The Morgan fingerprint density at radius 1 is 1.16 bits per heavy atom. The van der Waals surface area contributed by atoms with Crippen LogP contribution in [0.3, 0.4) is 0 Å². The van der Waals surface area contributed by atoms with Gasteiger partial charge in [-0.3, -0.25) is 0 Å². The summed E-state index contributed by atoms with van der Waals surface area (Å²) >= 11 is 0. The molecule has 0 aromatic carbocycles. The van der Waals surface area contributed by atoms with E-state index in [4.69, 9.17) is 14.0 Å². The van der Waals surface area contributed by atoms with Crippen LogP contribution in [0, 0.1) is 5.92 Å². The number of ether oxygens (including phenoxy) is 1. The molecule has 0 radical (unpaired) electrons. The van der Waals surface area contributed by atoms with Gasteiger partial charge in [0, 0.05) is 12.9 Å². The van der Waals surface area contributed by atoms with Gasteiger partial charge in [0.25, 0.3) is 0 Å². The van der Waals surface area contributed by atoms with Crippen molar-refractivity contribution in [2.45, 2.75) is 69.6 Å². The number of allylic oxidation sites excluding steroid dienone is 1. The zero-order valence-electron chi connectivity index (χ0n) is 12.7. The van der Waals surface area contributed by atoms with Crippen molar-refractivity contribution in [1.29, 1.82) is 0 Å². The summed E-state index contributed by atoms with van der Waals surface area (Å²) in [5.41, 5.74) is -0.556. The van der Waals surface area contributed by atoms with Crippen molar-refractivity contribution in [1.82, 2.24) is 0 Å². The van der Waals surface area contributed by atoms with Gasteiger partial charge in [-0.1, -0.05) is 12.2 Å². The maximum absolute atomic E-state index is 6.23. The lowest BCUT2D eigenvalue weighted by Crippen LogP contribution is -2.46. The molecule has 2 bridgehead atoms. The smallest absolute Gasteiger partial charge is 0.403 e. The second-order valence-corrected chi connectivity index (χ2v) is 7.32. The topological polar surface area (TPSA) is 27.7 Å². The van der Waals surface area contributed by atoms with Gasteiger partial charge in [-0.25, -0.2) is 0 Å². The Kier molecular flexibility index (Phi) is 2.94. The van der Waals surface area contributed by atoms with Crippen LogP contribution in [0.1, 0.15) is 47.0 Å². The van der Waals surface area contributed by atoms with Crippen molar-refractivity contribution < 1.29 is 14.0 Å². The van der Waals surface area contributed by atoms with Crippen LogP contribution in [0.2, 0.25) is 5.82 Å². The summed E-state index contributed by atoms with van der Waals surface area (Å²) in [4.78, 5) is 0. The third-order valence-corrected chi connectivity index (χ3v) is 5.71. The van der Waals surface area contributed by atoms with E-state index in [1.165, 1.54) is 6.42 Å². The molecule has 0 unspecified atom stereocenters. The SMILES string of the molecule is CO[C@]12C=C[C@H](CC1)[C@H](B1OC(C)(C)C(C)(C)O1)C2. The molecule has 4 rings (SSSR count). The standard InChI is InChI=1S/C15H25BO3/c1-13(2)14(3,4)19-16(18-13)12-10-15(17-5)8-6-11(12)7-9-15/h6,8,11-12H,7,9-10H2,1-5H3/t11-,12-,15-/m1/s1. The molecule has 1 aliphatic heterocycles. The van der Waals surface area contributed by atoms with Crippen molar-refractivity contribution in [3.05, 3.63) is 12.2 Å². The number of rotatable bonds is 2. The summed E-state index contributed by atoms with van der Waals surface area (Å²) < 4.78 is 18.2. The van der Waals surface area contributed by atoms with Crippen molar-refractivity contribution in [3.8, 4) is 0 Å². The zero-order chi connectivity index (χ0) is 13.9. The average Bonchev–Trinajstić information content (AvgIpc) is 2.60.